The van der Waals surface area contributed by atoms with E-state index < -0.39 is 35.5 Å². The number of hydrogen-bond acceptors (Lipinski definition) is 8. The number of ketones is 2. The summed E-state index contributed by atoms with van der Waals surface area (Å²) in [5.41, 5.74) is -1.65. The lowest BCUT2D eigenvalue weighted by molar-refractivity contribution is -0.184. The van der Waals surface area contributed by atoms with Gasteiger partial charge in [-0.1, -0.05) is 19.4 Å². The number of ether oxygens (including phenoxy) is 1. The SMILES string of the molecule is C[C@]12C[C@@H](O)[C@@H]3[C@H](CCC4=CC(=O)CC[C@]43C)[C@@H]1CC[C@@]2(O)C(=O)COC(=O)CCC(=O)NCCCn1ccnc1. The van der Waals surface area contributed by atoms with E-state index in [2.05, 4.69) is 17.2 Å². The van der Waals surface area contributed by atoms with E-state index in [1.165, 1.54) is 0 Å². The van der Waals surface area contributed by atoms with Crippen molar-refractivity contribution in [2.45, 2.75) is 96.3 Å². The average molecular weight is 570 g/mol. The van der Waals surface area contributed by atoms with E-state index in [1.807, 2.05) is 17.7 Å². The van der Waals surface area contributed by atoms with Crippen LogP contribution in [-0.2, 0) is 30.5 Å². The van der Waals surface area contributed by atoms with Gasteiger partial charge < -0.3 is 24.8 Å². The lowest BCUT2D eigenvalue weighted by Crippen LogP contribution is -2.62. The first-order chi connectivity index (χ1) is 19.5. The number of aromatic nitrogens is 2. The third-order valence-electron chi connectivity index (χ3n) is 10.9. The fourth-order valence-electron chi connectivity index (χ4n) is 8.70. The first kappa shape index (κ1) is 29.6. The molecule has 10 nitrogen and oxygen atoms in total. The van der Waals surface area contributed by atoms with Crippen molar-refractivity contribution < 1.29 is 34.1 Å². The van der Waals surface area contributed by atoms with Crippen LogP contribution in [0.15, 0.2) is 30.4 Å². The second kappa shape index (κ2) is 11.4. The van der Waals surface area contributed by atoms with Crippen molar-refractivity contribution in [3.8, 4) is 0 Å². The highest BCUT2D eigenvalue weighted by Gasteiger charge is 2.68. The molecule has 224 valence electrons. The molecule has 4 aliphatic carbocycles. The van der Waals surface area contributed by atoms with Crippen molar-refractivity contribution in [1.29, 1.82) is 0 Å². The van der Waals surface area contributed by atoms with E-state index in [4.69, 9.17) is 4.74 Å². The van der Waals surface area contributed by atoms with Gasteiger partial charge in [0.05, 0.1) is 18.9 Å². The molecule has 0 spiro atoms. The minimum absolute atomic E-state index is 0.0130. The summed E-state index contributed by atoms with van der Waals surface area (Å²) in [5.74, 6) is -1.14. The van der Waals surface area contributed by atoms with E-state index in [0.717, 1.165) is 37.8 Å². The summed E-state index contributed by atoms with van der Waals surface area (Å²) in [4.78, 5) is 53.9. The highest BCUT2D eigenvalue weighted by atomic mass is 16.5. The molecule has 4 aliphatic rings. The number of rotatable bonds is 10. The number of nitrogens with one attached hydrogen (secondary N) is 1. The molecule has 10 heteroatoms. The van der Waals surface area contributed by atoms with E-state index >= 15 is 0 Å². The number of hydrogen-bond donors (Lipinski definition) is 3. The molecule has 0 bridgehead atoms. The molecule has 1 amide bonds. The third-order valence-corrected chi connectivity index (χ3v) is 10.9. The monoisotopic (exact) mass is 569 g/mol. The van der Waals surface area contributed by atoms with Crippen LogP contribution in [0.1, 0.15) is 78.1 Å². The minimum Gasteiger partial charge on any atom is -0.458 e. The topological polar surface area (TPSA) is 148 Å². The van der Waals surface area contributed by atoms with Crippen LogP contribution in [0.25, 0.3) is 0 Å². The maximum atomic E-state index is 13.4. The Hall–Kier alpha value is -2.85. The van der Waals surface area contributed by atoms with Crippen LogP contribution in [0.5, 0.6) is 0 Å². The van der Waals surface area contributed by atoms with Crippen LogP contribution in [0.3, 0.4) is 0 Å². The summed E-state index contributed by atoms with van der Waals surface area (Å²) in [6.45, 7) is 4.71. The summed E-state index contributed by atoms with van der Waals surface area (Å²) >= 11 is 0. The number of nitrogens with zero attached hydrogens (tertiary/aromatic N) is 2. The molecule has 0 aromatic carbocycles. The molecule has 1 aromatic rings. The second-order valence-electron chi connectivity index (χ2n) is 13.1. The summed E-state index contributed by atoms with van der Waals surface area (Å²) in [7, 11) is 0. The molecule has 1 aromatic heterocycles. The van der Waals surface area contributed by atoms with Gasteiger partial charge in [-0.25, -0.2) is 4.98 Å². The van der Waals surface area contributed by atoms with Gasteiger partial charge >= 0.3 is 5.97 Å². The van der Waals surface area contributed by atoms with Crippen LogP contribution in [0, 0.1) is 28.6 Å². The number of imidazole rings is 1. The number of esters is 1. The normalized spacial score (nSPS) is 36.0. The van der Waals surface area contributed by atoms with Gasteiger partial charge in [-0.3, -0.25) is 19.2 Å². The molecule has 3 fully saturated rings. The Balaban J connectivity index is 1.13. The van der Waals surface area contributed by atoms with Crippen molar-refractivity contribution in [2.24, 2.45) is 28.6 Å². The van der Waals surface area contributed by atoms with E-state index in [0.29, 0.717) is 19.4 Å². The Labute approximate surface area is 240 Å². The number of aryl methyl sites for hydroxylation is 1. The molecule has 41 heavy (non-hydrogen) atoms. The number of amides is 1. The molecular weight excluding hydrogens is 526 g/mol. The van der Waals surface area contributed by atoms with Gasteiger partial charge in [-0.05, 0) is 74.2 Å². The molecule has 0 radical (unpaired) electrons. The van der Waals surface area contributed by atoms with E-state index in [1.54, 1.807) is 18.6 Å². The first-order valence-corrected chi connectivity index (χ1v) is 15.0. The van der Waals surface area contributed by atoms with Crippen LogP contribution >= 0.6 is 0 Å². The minimum atomic E-state index is -1.70. The third kappa shape index (κ3) is 5.41. The Morgan fingerprint density at radius 1 is 1.17 bits per heavy atom. The number of Topliss-reactive ketones (excluding diaryl/α,β-unsaturated/α-hetero) is 1. The predicted octanol–water partition coefficient (Wildman–Crippen LogP) is 2.52. The Kier molecular flexibility index (Phi) is 8.27. The standard InChI is InChI=1S/C31H43N3O7/c1-29-10-8-21(35)16-20(29)4-5-22-23-9-11-31(40,30(23,2)17-24(36)28(22)29)25(37)18-41-27(39)7-6-26(38)33-12-3-14-34-15-13-32-19-34/h13,15-16,19,22-24,28,36,40H,3-12,14,17-18H2,1-2H3,(H,33,38)/t22-,23+,24-,28+,29-,30+,31-/m1/s1. The summed E-state index contributed by atoms with van der Waals surface area (Å²) in [6.07, 6.45) is 10.9. The number of allylic oxidation sites excluding steroid dienone is 1. The zero-order chi connectivity index (χ0) is 29.4. The lowest BCUT2D eigenvalue weighted by atomic mass is 9.45. The van der Waals surface area contributed by atoms with Crippen molar-refractivity contribution in [3.05, 3.63) is 30.4 Å². The van der Waals surface area contributed by atoms with Crippen LogP contribution < -0.4 is 5.32 Å². The van der Waals surface area contributed by atoms with Crippen molar-refractivity contribution in [2.75, 3.05) is 13.2 Å². The number of aliphatic hydroxyl groups is 2. The molecule has 5 rings (SSSR count). The van der Waals surface area contributed by atoms with Gasteiger partial charge in [-0.15, -0.1) is 0 Å². The van der Waals surface area contributed by atoms with Gasteiger partial charge in [-0.2, -0.15) is 0 Å². The number of fused-ring (bicyclic) bond motifs is 5. The maximum Gasteiger partial charge on any atom is 0.306 e. The first-order valence-electron chi connectivity index (χ1n) is 15.0. The van der Waals surface area contributed by atoms with Gasteiger partial charge in [0.15, 0.2) is 12.4 Å². The molecular formula is C31H43N3O7. The molecule has 7 atom stereocenters. The molecule has 3 saturated carbocycles. The molecule has 0 saturated heterocycles. The summed E-state index contributed by atoms with van der Waals surface area (Å²) in [5, 5.41) is 26.1. The fraction of sp³-hybridized carbons (Fsp3) is 0.710. The predicted molar refractivity (Wildman–Crippen MR) is 148 cm³/mol. The van der Waals surface area contributed by atoms with Gasteiger partial charge in [0.25, 0.3) is 0 Å². The quantitative estimate of drug-likeness (QED) is 0.288. The van der Waals surface area contributed by atoms with Gasteiger partial charge in [0.2, 0.25) is 11.7 Å². The van der Waals surface area contributed by atoms with Crippen LogP contribution in [0.4, 0.5) is 0 Å². The highest BCUT2D eigenvalue weighted by molar-refractivity contribution is 5.92. The summed E-state index contributed by atoms with van der Waals surface area (Å²) < 4.78 is 7.13. The highest BCUT2D eigenvalue weighted by Crippen LogP contribution is 2.67. The number of carbonyl (C=O) groups excluding carboxylic acids is 4. The van der Waals surface area contributed by atoms with E-state index in [-0.39, 0.29) is 60.5 Å². The Morgan fingerprint density at radius 3 is 2.73 bits per heavy atom. The van der Waals surface area contributed by atoms with Crippen molar-refractivity contribution in [1.82, 2.24) is 14.9 Å². The molecule has 1 heterocycles. The van der Waals surface area contributed by atoms with Crippen LogP contribution in [0.2, 0.25) is 0 Å². The smallest absolute Gasteiger partial charge is 0.306 e. The molecule has 0 unspecified atom stereocenters. The van der Waals surface area contributed by atoms with Crippen molar-refractivity contribution in [3.63, 3.8) is 0 Å². The van der Waals surface area contributed by atoms with Crippen LogP contribution in [-0.4, -0.2) is 68.1 Å². The Bertz CT molecular complexity index is 1210. The van der Waals surface area contributed by atoms with Gasteiger partial charge in [0.1, 0.15) is 5.60 Å². The molecule has 0 aliphatic heterocycles. The Morgan fingerprint density at radius 2 is 1.98 bits per heavy atom. The lowest BCUT2D eigenvalue weighted by Gasteiger charge is -2.60. The van der Waals surface area contributed by atoms with Crippen molar-refractivity contribution >= 4 is 23.4 Å². The summed E-state index contributed by atoms with van der Waals surface area (Å²) in [6, 6.07) is 0. The zero-order valence-electron chi connectivity index (χ0n) is 24.1. The maximum absolute atomic E-state index is 13.4. The number of aliphatic hydroxyl groups excluding tert-OH is 1. The average Bonchev–Trinajstić information content (AvgIpc) is 3.55. The number of carbonyl (C=O) groups is 4. The second-order valence-corrected chi connectivity index (χ2v) is 13.1. The fourth-order valence-corrected chi connectivity index (χ4v) is 8.70. The largest absolute Gasteiger partial charge is 0.458 e. The molecule has 3 N–H and O–H groups in total. The zero-order valence-corrected chi connectivity index (χ0v) is 24.1. The van der Waals surface area contributed by atoms with E-state index in [9.17, 15) is 29.4 Å². The van der Waals surface area contributed by atoms with Gasteiger partial charge in [0, 0.05) is 43.7 Å².